The van der Waals surface area contributed by atoms with Gasteiger partial charge in [0, 0.05) is 28.2 Å². The Morgan fingerprint density at radius 1 is 1.29 bits per heavy atom. The molecule has 1 aliphatic carbocycles. The monoisotopic (exact) mass is 459 g/mol. The molecule has 2 aromatic heterocycles. The Labute approximate surface area is 173 Å². The largest absolute Gasteiger partial charge is 0.328 e. The van der Waals surface area contributed by atoms with Gasteiger partial charge in [-0.3, -0.25) is 14.9 Å². The molecular formula is C19H15BrClN5O2. The summed E-state index contributed by atoms with van der Waals surface area (Å²) in [5, 5.41) is 7.39. The van der Waals surface area contributed by atoms with Gasteiger partial charge in [0.25, 0.3) is 5.91 Å². The standard InChI is InChI=1S/C19H15BrClN5O2/c20-11-1-3-13-14(7-11)19(5-6-19)10-25(17(13)28)9-16(27)23-18-22-15-4-2-12(21)8-26(15)24-18/h1-4,7-8H,5-6,9-10H2,(H,23,24,27). The maximum Gasteiger partial charge on any atom is 0.254 e. The predicted molar refractivity (Wildman–Crippen MR) is 108 cm³/mol. The Bertz CT molecular complexity index is 1140. The highest BCUT2D eigenvalue weighted by molar-refractivity contribution is 9.10. The lowest BCUT2D eigenvalue weighted by Gasteiger charge is -2.34. The number of nitrogens with zero attached hydrogens (tertiary/aromatic N) is 4. The van der Waals surface area contributed by atoms with Crippen LogP contribution in [-0.2, 0) is 10.2 Å². The quantitative estimate of drug-likeness (QED) is 0.651. The van der Waals surface area contributed by atoms with Crippen LogP contribution in [0.4, 0.5) is 5.95 Å². The molecule has 7 nitrogen and oxygen atoms in total. The number of nitrogens with one attached hydrogen (secondary N) is 1. The van der Waals surface area contributed by atoms with Crippen molar-refractivity contribution in [3.8, 4) is 0 Å². The minimum atomic E-state index is -0.327. The molecule has 1 fully saturated rings. The second kappa shape index (κ2) is 6.28. The molecule has 1 spiro atoms. The fraction of sp³-hybridized carbons (Fsp3) is 0.263. The fourth-order valence-electron chi connectivity index (χ4n) is 3.79. The Kier molecular flexibility index (Phi) is 3.96. The molecule has 2 amide bonds. The summed E-state index contributed by atoms with van der Waals surface area (Å²) in [4.78, 5) is 31.3. The van der Waals surface area contributed by atoms with Gasteiger partial charge < -0.3 is 4.90 Å². The average Bonchev–Trinajstić information content (AvgIpc) is 3.31. The van der Waals surface area contributed by atoms with Crippen molar-refractivity contribution in [3.63, 3.8) is 0 Å². The summed E-state index contributed by atoms with van der Waals surface area (Å²) < 4.78 is 2.46. The van der Waals surface area contributed by atoms with Gasteiger partial charge in [0.05, 0.1) is 5.02 Å². The van der Waals surface area contributed by atoms with Crippen LogP contribution in [-0.4, -0.2) is 44.4 Å². The highest BCUT2D eigenvalue weighted by Crippen LogP contribution is 2.52. The second-order valence-electron chi connectivity index (χ2n) is 7.27. The zero-order chi connectivity index (χ0) is 19.5. The molecule has 0 unspecified atom stereocenters. The molecule has 0 bridgehead atoms. The van der Waals surface area contributed by atoms with Crippen LogP contribution in [0.2, 0.25) is 5.02 Å². The summed E-state index contributed by atoms with van der Waals surface area (Å²) in [6.07, 6.45) is 3.66. The molecule has 1 aromatic carbocycles. The summed E-state index contributed by atoms with van der Waals surface area (Å²) in [7, 11) is 0. The third-order valence-corrected chi connectivity index (χ3v) is 6.02. The SMILES string of the molecule is O=C(CN1CC2(CC2)c2cc(Br)ccc2C1=O)Nc1nc2ccc(Cl)cn2n1. The molecule has 1 saturated carbocycles. The number of amides is 2. The molecule has 1 aliphatic heterocycles. The lowest BCUT2D eigenvalue weighted by atomic mass is 9.86. The molecule has 2 aliphatic rings. The minimum Gasteiger partial charge on any atom is -0.328 e. The van der Waals surface area contributed by atoms with E-state index in [9.17, 15) is 9.59 Å². The van der Waals surface area contributed by atoms with Crippen molar-refractivity contribution in [3.05, 3.63) is 57.2 Å². The van der Waals surface area contributed by atoms with Crippen molar-refractivity contribution in [2.24, 2.45) is 0 Å². The number of rotatable bonds is 3. The molecule has 142 valence electrons. The van der Waals surface area contributed by atoms with E-state index in [2.05, 4.69) is 31.3 Å². The number of anilines is 1. The first-order valence-electron chi connectivity index (χ1n) is 8.85. The lowest BCUT2D eigenvalue weighted by molar-refractivity contribution is -0.117. The number of aromatic nitrogens is 3. The molecule has 5 rings (SSSR count). The molecule has 1 N–H and O–H groups in total. The summed E-state index contributed by atoms with van der Waals surface area (Å²) in [5.74, 6) is -0.265. The van der Waals surface area contributed by atoms with Gasteiger partial charge in [-0.1, -0.05) is 27.5 Å². The van der Waals surface area contributed by atoms with Crippen LogP contribution in [0.15, 0.2) is 41.0 Å². The molecule has 0 radical (unpaired) electrons. The van der Waals surface area contributed by atoms with E-state index in [1.807, 2.05) is 18.2 Å². The minimum absolute atomic E-state index is 0.0224. The molecular weight excluding hydrogens is 446 g/mol. The van der Waals surface area contributed by atoms with Gasteiger partial charge in [0.2, 0.25) is 11.9 Å². The van der Waals surface area contributed by atoms with Crippen LogP contribution in [0, 0.1) is 0 Å². The van der Waals surface area contributed by atoms with Crippen LogP contribution >= 0.6 is 27.5 Å². The van der Waals surface area contributed by atoms with Crippen LogP contribution < -0.4 is 5.32 Å². The summed E-state index contributed by atoms with van der Waals surface area (Å²) in [6.45, 7) is 0.517. The number of fused-ring (bicyclic) bond motifs is 3. The average molecular weight is 461 g/mol. The van der Waals surface area contributed by atoms with Crippen molar-refractivity contribution >= 4 is 50.9 Å². The van der Waals surface area contributed by atoms with E-state index < -0.39 is 0 Å². The normalized spacial score (nSPS) is 17.1. The number of hydrogen-bond acceptors (Lipinski definition) is 4. The molecule has 3 aromatic rings. The molecule has 0 atom stereocenters. The first-order valence-corrected chi connectivity index (χ1v) is 10.0. The Morgan fingerprint density at radius 2 is 2.11 bits per heavy atom. The topological polar surface area (TPSA) is 79.6 Å². The van der Waals surface area contributed by atoms with Gasteiger partial charge in [-0.2, -0.15) is 4.98 Å². The molecule has 3 heterocycles. The number of carbonyl (C=O) groups excluding carboxylic acids is 2. The fourth-order valence-corrected chi connectivity index (χ4v) is 4.31. The van der Waals surface area contributed by atoms with Crippen molar-refractivity contribution in [1.82, 2.24) is 19.5 Å². The first-order chi connectivity index (χ1) is 13.4. The Hall–Kier alpha value is -2.45. The third-order valence-electron chi connectivity index (χ3n) is 5.30. The number of halogens is 2. The maximum atomic E-state index is 12.9. The molecule has 28 heavy (non-hydrogen) atoms. The second-order valence-corrected chi connectivity index (χ2v) is 8.62. The van der Waals surface area contributed by atoms with Crippen molar-refractivity contribution in [2.45, 2.75) is 18.3 Å². The summed E-state index contributed by atoms with van der Waals surface area (Å²) in [6, 6.07) is 9.14. The summed E-state index contributed by atoms with van der Waals surface area (Å²) in [5.41, 5.74) is 2.32. The lowest BCUT2D eigenvalue weighted by Crippen LogP contribution is -2.46. The molecule has 9 heteroatoms. The highest BCUT2D eigenvalue weighted by Gasteiger charge is 2.51. The van der Waals surface area contributed by atoms with Gasteiger partial charge in [-0.25, -0.2) is 4.52 Å². The highest BCUT2D eigenvalue weighted by atomic mass is 79.9. The van der Waals surface area contributed by atoms with Gasteiger partial charge in [0.15, 0.2) is 5.65 Å². The first kappa shape index (κ1) is 17.6. The Morgan fingerprint density at radius 3 is 2.89 bits per heavy atom. The zero-order valence-electron chi connectivity index (χ0n) is 14.7. The van der Waals surface area contributed by atoms with Crippen molar-refractivity contribution in [1.29, 1.82) is 0 Å². The zero-order valence-corrected chi connectivity index (χ0v) is 17.0. The van der Waals surface area contributed by atoms with E-state index in [4.69, 9.17) is 11.6 Å². The van der Waals surface area contributed by atoms with Gasteiger partial charge >= 0.3 is 0 Å². The summed E-state index contributed by atoms with van der Waals surface area (Å²) >= 11 is 9.43. The Balaban J connectivity index is 1.35. The van der Waals surface area contributed by atoms with Crippen molar-refractivity contribution < 1.29 is 9.59 Å². The number of carbonyl (C=O) groups is 2. The van der Waals surface area contributed by atoms with E-state index in [-0.39, 0.29) is 29.7 Å². The van der Waals surface area contributed by atoms with E-state index >= 15 is 0 Å². The molecule has 0 saturated heterocycles. The number of pyridine rings is 1. The number of hydrogen-bond donors (Lipinski definition) is 1. The smallest absolute Gasteiger partial charge is 0.254 e. The van der Waals surface area contributed by atoms with Crippen LogP contribution in [0.25, 0.3) is 5.65 Å². The van der Waals surface area contributed by atoms with Crippen LogP contribution in [0.5, 0.6) is 0 Å². The van der Waals surface area contributed by atoms with Crippen LogP contribution in [0.3, 0.4) is 0 Å². The van der Waals surface area contributed by atoms with Gasteiger partial charge in [-0.05, 0) is 48.7 Å². The third kappa shape index (κ3) is 2.97. The number of benzene rings is 1. The van der Waals surface area contributed by atoms with Crippen molar-refractivity contribution in [2.75, 3.05) is 18.4 Å². The van der Waals surface area contributed by atoms with E-state index in [1.165, 1.54) is 4.52 Å². The van der Waals surface area contributed by atoms with Gasteiger partial charge in [0.1, 0.15) is 6.54 Å². The maximum absolute atomic E-state index is 12.9. The van der Waals surface area contributed by atoms with E-state index in [1.54, 1.807) is 23.2 Å². The van der Waals surface area contributed by atoms with E-state index in [0.29, 0.717) is 22.8 Å². The van der Waals surface area contributed by atoms with E-state index in [0.717, 1.165) is 22.9 Å². The van der Waals surface area contributed by atoms with Gasteiger partial charge in [-0.15, -0.1) is 5.10 Å². The van der Waals surface area contributed by atoms with Crippen LogP contribution in [0.1, 0.15) is 28.8 Å². The predicted octanol–water partition coefficient (Wildman–Crippen LogP) is 3.27.